The van der Waals surface area contributed by atoms with Gasteiger partial charge in [0.25, 0.3) is 0 Å². The van der Waals surface area contributed by atoms with Crippen LogP contribution in [-0.4, -0.2) is 18.9 Å². The van der Waals surface area contributed by atoms with Crippen molar-refractivity contribution >= 4 is 11.8 Å². The number of hydrogen-bond acceptors (Lipinski definition) is 4. The summed E-state index contributed by atoms with van der Waals surface area (Å²) >= 11 is 0. The molecule has 0 bridgehead atoms. The van der Waals surface area contributed by atoms with Crippen LogP contribution in [0.3, 0.4) is 0 Å². The molecule has 0 spiro atoms. The van der Waals surface area contributed by atoms with Gasteiger partial charge in [0.2, 0.25) is 0 Å². The first kappa shape index (κ1) is 23.6. The summed E-state index contributed by atoms with van der Waals surface area (Å²) < 4.78 is 10.3. The monoisotopic (exact) mass is 332 g/mol. The van der Waals surface area contributed by atoms with Gasteiger partial charge in [0, 0.05) is 6.07 Å². The van der Waals surface area contributed by atoms with Crippen molar-refractivity contribution in [1.82, 2.24) is 0 Å². The molecule has 0 aliphatic carbocycles. The van der Waals surface area contributed by atoms with Gasteiger partial charge >= 0.3 is 5.97 Å². The van der Waals surface area contributed by atoms with E-state index in [1.54, 1.807) is 55.6 Å². The van der Waals surface area contributed by atoms with Gasteiger partial charge in [0.05, 0.1) is 12.7 Å². The molecular formula is C20H28O4. The molecule has 132 valence electrons. The summed E-state index contributed by atoms with van der Waals surface area (Å²) in [7, 11) is 1.57. The molecule has 0 aromatic heterocycles. The second-order valence-electron chi connectivity index (χ2n) is 4.34. The standard InChI is InChI=1S/C14H12O3.C3H6O.C2H6.CH4/c1-16-12-8-5-9-13(10-12)17-14(15)11-6-3-2-4-7-11;1-3(2)4;1-2;/h2-10H,1H3;1-2H3;1-2H3;1H4. The third-order valence-corrected chi connectivity index (χ3v) is 2.26. The van der Waals surface area contributed by atoms with Gasteiger partial charge in [-0.1, -0.05) is 45.5 Å². The van der Waals surface area contributed by atoms with E-state index < -0.39 is 0 Å². The smallest absolute Gasteiger partial charge is 0.343 e. The van der Waals surface area contributed by atoms with Crippen LogP contribution in [0.5, 0.6) is 11.5 Å². The molecule has 2 aromatic carbocycles. The van der Waals surface area contributed by atoms with Crippen molar-refractivity contribution in [3.05, 3.63) is 60.2 Å². The van der Waals surface area contributed by atoms with Crippen LogP contribution in [0.2, 0.25) is 0 Å². The number of benzene rings is 2. The quantitative estimate of drug-likeness (QED) is 0.574. The van der Waals surface area contributed by atoms with Gasteiger partial charge in [-0.15, -0.1) is 0 Å². The molecule has 24 heavy (non-hydrogen) atoms. The largest absolute Gasteiger partial charge is 0.497 e. The lowest BCUT2D eigenvalue weighted by atomic mass is 10.2. The minimum Gasteiger partial charge on any atom is -0.497 e. The molecule has 0 fully saturated rings. The van der Waals surface area contributed by atoms with E-state index >= 15 is 0 Å². The first-order chi connectivity index (χ1) is 11.0. The minimum atomic E-state index is -0.376. The highest BCUT2D eigenvalue weighted by molar-refractivity contribution is 5.90. The summed E-state index contributed by atoms with van der Waals surface area (Å²) in [4.78, 5) is 21.2. The third-order valence-electron chi connectivity index (χ3n) is 2.26. The first-order valence-corrected chi connectivity index (χ1v) is 7.41. The van der Waals surface area contributed by atoms with E-state index in [2.05, 4.69) is 0 Å². The van der Waals surface area contributed by atoms with Crippen LogP contribution in [0, 0.1) is 0 Å². The average Bonchev–Trinajstić information content (AvgIpc) is 2.57. The number of hydrogen-bond donors (Lipinski definition) is 0. The Labute approximate surface area is 145 Å². The Hall–Kier alpha value is -2.62. The predicted octanol–water partition coefficient (Wildman–Crippen LogP) is 5.17. The maximum absolute atomic E-state index is 11.8. The van der Waals surface area contributed by atoms with Crippen molar-refractivity contribution in [3.63, 3.8) is 0 Å². The lowest BCUT2D eigenvalue weighted by Gasteiger charge is -2.05. The van der Waals surface area contributed by atoms with E-state index in [0.717, 1.165) is 0 Å². The number of ether oxygens (including phenoxy) is 2. The number of carbonyl (C=O) groups excluding carboxylic acids is 2. The Morgan fingerprint density at radius 1 is 0.833 bits per heavy atom. The van der Waals surface area contributed by atoms with Crippen LogP contribution in [-0.2, 0) is 4.79 Å². The fourth-order valence-corrected chi connectivity index (χ4v) is 1.40. The van der Waals surface area contributed by atoms with Crippen molar-refractivity contribution in [2.24, 2.45) is 0 Å². The molecule has 0 aliphatic heterocycles. The SMILES string of the molecule is C.CC.CC(C)=O.COc1cccc(OC(=O)c2ccccc2)c1. The lowest BCUT2D eigenvalue weighted by molar-refractivity contribution is -0.115. The van der Waals surface area contributed by atoms with E-state index in [9.17, 15) is 9.59 Å². The highest BCUT2D eigenvalue weighted by Gasteiger charge is 2.07. The van der Waals surface area contributed by atoms with Crippen LogP contribution in [0.25, 0.3) is 0 Å². The number of rotatable bonds is 3. The van der Waals surface area contributed by atoms with Gasteiger partial charge in [-0.05, 0) is 38.1 Å². The average molecular weight is 332 g/mol. The summed E-state index contributed by atoms with van der Waals surface area (Å²) in [6, 6.07) is 15.8. The van der Waals surface area contributed by atoms with Crippen molar-refractivity contribution < 1.29 is 19.1 Å². The summed E-state index contributed by atoms with van der Waals surface area (Å²) in [6.07, 6.45) is 0. The molecule has 0 saturated carbocycles. The van der Waals surface area contributed by atoms with Gasteiger partial charge in [-0.2, -0.15) is 0 Å². The van der Waals surface area contributed by atoms with E-state index in [0.29, 0.717) is 17.1 Å². The third kappa shape index (κ3) is 10.2. The van der Waals surface area contributed by atoms with E-state index in [-0.39, 0.29) is 19.2 Å². The number of methoxy groups -OCH3 is 1. The summed E-state index contributed by atoms with van der Waals surface area (Å²) in [5.41, 5.74) is 0.523. The molecule has 0 aliphatic rings. The fourth-order valence-electron chi connectivity index (χ4n) is 1.40. The maximum Gasteiger partial charge on any atom is 0.343 e. The van der Waals surface area contributed by atoms with Crippen molar-refractivity contribution in [2.45, 2.75) is 35.1 Å². The maximum atomic E-state index is 11.8. The van der Waals surface area contributed by atoms with Crippen molar-refractivity contribution in [1.29, 1.82) is 0 Å². The molecular weight excluding hydrogens is 304 g/mol. The van der Waals surface area contributed by atoms with Gasteiger partial charge < -0.3 is 14.3 Å². The topological polar surface area (TPSA) is 52.6 Å². The fraction of sp³-hybridized carbons (Fsp3) is 0.300. The number of esters is 1. The second-order valence-corrected chi connectivity index (χ2v) is 4.34. The lowest BCUT2D eigenvalue weighted by Crippen LogP contribution is -2.08. The van der Waals surface area contributed by atoms with Crippen molar-refractivity contribution in [2.75, 3.05) is 7.11 Å². The molecule has 0 radical (unpaired) electrons. The summed E-state index contributed by atoms with van der Waals surface area (Å²) in [5, 5.41) is 0. The Morgan fingerprint density at radius 3 is 1.83 bits per heavy atom. The zero-order chi connectivity index (χ0) is 17.7. The first-order valence-electron chi connectivity index (χ1n) is 7.41. The molecule has 2 aromatic rings. The summed E-state index contributed by atoms with van der Waals surface area (Å²) in [5.74, 6) is 0.917. The number of Topliss-reactive ketones (excluding diaryl/α,β-unsaturated/α-hetero) is 1. The zero-order valence-electron chi connectivity index (χ0n) is 14.3. The Morgan fingerprint density at radius 2 is 1.33 bits per heavy atom. The molecule has 0 saturated heterocycles. The predicted molar refractivity (Wildman–Crippen MR) is 98.8 cm³/mol. The number of ketones is 1. The molecule has 0 unspecified atom stereocenters. The molecule has 0 amide bonds. The second kappa shape index (κ2) is 14.0. The van der Waals surface area contributed by atoms with E-state index in [1.807, 2.05) is 19.9 Å². The van der Waals surface area contributed by atoms with Crippen LogP contribution >= 0.6 is 0 Å². The molecule has 2 rings (SSSR count). The van der Waals surface area contributed by atoms with Gasteiger partial charge in [-0.25, -0.2) is 4.79 Å². The normalized spacial score (nSPS) is 8.21. The molecule has 4 nitrogen and oxygen atoms in total. The Kier molecular flexibility index (Phi) is 13.8. The van der Waals surface area contributed by atoms with Crippen LogP contribution in [0.15, 0.2) is 54.6 Å². The van der Waals surface area contributed by atoms with Gasteiger partial charge in [-0.3, -0.25) is 0 Å². The zero-order valence-corrected chi connectivity index (χ0v) is 14.3. The molecule has 0 atom stereocenters. The Balaban J connectivity index is 0. The van der Waals surface area contributed by atoms with Gasteiger partial charge in [0.15, 0.2) is 0 Å². The van der Waals surface area contributed by atoms with E-state index in [1.165, 1.54) is 13.8 Å². The van der Waals surface area contributed by atoms with Gasteiger partial charge in [0.1, 0.15) is 17.3 Å². The molecule has 4 heteroatoms. The van der Waals surface area contributed by atoms with Crippen LogP contribution in [0.4, 0.5) is 0 Å². The molecule has 0 N–H and O–H groups in total. The Bertz CT molecular complexity index is 588. The molecule has 0 heterocycles. The highest BCUT2D eigenvalue weighted by Crippen LogP contribution is 2.19. The van der Waals surface area contributed by atoms with E-state index in [4.69, 9.17) is 9.47 Å². The van der Waals surface area contributed by atoms with Crippen LogP contribution in [0.1, 0.15) is 45.5 Å². The minimum absolute atomic E-state index is 0. The van der Waals surface area contributed by atoms with Crippen molar-refractivity contribution in [3.8, 4) is 11.5 Å². The number of carbonyl (C=O) groups is 2. The van der Waals surface area contributed by atoms with Crippen LogP contribution < -0.4 is 9.47 Å². The highest BCUT2D eigenvalue weighted by atomic mass is 16.5. The summed E-state index contributed by atoms with van der Waals surface area (Å²) in [6.45, 7) is 7.06.